The van der Waals surface area contributed by atoms with Gasteiger partial charge in [0.2, 0.25) is 10.0 Å². The van der Waals surface area contributed by atoms with Gasteiger partial charge in [0.1, 0.15) is 0 Å². The van der Waals surface area contributed by atoms with E-state index in [9.17, 15) is 13.2 Å². The van der Waals surface area contributed by atoms with Crippen molar-refractivity contribution in [2.45, 2.75) is 25.7 Å². The van der Waals surface area contributed by atoms with Gasteiger partial charge >= 0.3 is 0 Å². The summed E-state index contributed by atoms with van der Waals surface area (Å²) >= 11 is 6.08. The van der Waals surface area contributed by atoms with Crippen LogP contribution in [-0.2, 0) is 10.0 Å². The molecule has 1 aliphatic rings. The van der Waals surface area contributed by atoms with Gasteiger partial charge < -0.3 is 4.90 Å². The number of carbonyl (C=O) groups excluding carboxylic acids is 1. The first-order chi connectivity index (χ1) is 10.3. The Bertz CT molecular complexity index is 653. The van der Waals surface area contributed by atoms with E-state index in [4.69, 9.17) is 11.6 Å². The third-order valence-electron chi connectivity index (χ3n) is 3.92. The summed E-state index contributed by atoms with van der Waals surface area (Å²) in [5, 5.41) is 0.306. The van der Waals surface area contributed by atoms with Gasteiger partial charge in [-0.15, -0.1) is 0 Å². The Morgan fingerprint density at radius 2 is 1.77 bits per heavy atom. The molecule has 0 saturated carbocycles. The van der Waals surface area contributed by atoms with Crippen molar-refractivity contribution in [3.05, 3.63) is 28.8 Å². The molecular formula is C15H21ClN2O3S. The van der Waals surface area contributed by atoms with Crippen LogP contribution in [0.3, 0.4) is 0 Å². The third-order valence-corrected chi connectivity index (χ3v) is 5.43. The van der Waals surface area contributed by atoms with Gasteiger partial charge in [-0.1, -0.05) is 24.4 Å². The molecule has 1 fully saturated rings. The van der Waals surface area contributed by atoms with Crippen LogP contribution < -0.4 is 4.31 Å². The molecule has 1 aliphatic heterocycles. The van der Waals surface area contributed by atoms with E-state index >= 15 is 0 Å². The summed E-state index contributed by atoms with van der Waals surface area (Å²) < 4.78 is 24.5. The zero-order valence-electron chi connectivity index (χ0n) is 12.9. The molecule has 0 aliphatic carbocycles. The van der Waals surface area contributed by atoms with Crippen molar-refractivity contribution in [3.63, 3.8) is 0 Å². The van der Waals surface area contributed by atoms with Gasteiger partial charge in [0.05, 0.1) is 17.0 Å². The van der Waals surface area contributed by atoms with E-state index in [1.54, 1.807) is 18.2 Å². The summed E-state index contributed by atoms with van der Waals surface area (Å²) in [5.41, 5.74) is 0.793. The molecule has 0 N–H and O–H groups in total. The second kappa shape index (κ2) is 6.87. The molecule has 0 aromatic heterocycles. The fourth-order valence-electron chi connectivity index (χ4n) is 2.52. The number of amides is 1. The van der Waals surface area contributed by atoms with Crippen molar-refractivity contribution in [2.75, 3.05) is 30.7 Å². The number of hydrogen-bond acceptors (Lipinski definition) is 3. The molecule has 1 amide bonds. The normalized spacial score (nSPS) is 16.2. The van der Waals surface area contributed by atoms with Crippen LogP contribution in [-0.4, -0.2) is 45.6 Å². The van der Waals surface area contributed by atoms with E-state index < -0.39 is 10.0 Å². The Kier molecular flexibility index (Phi) is 5.34. The lowest BCUT2D eigenvalue weighted by molar-refractivity contribution is 0.0761. The number of nitrogens with zero attached hydrogens (tertiary/aromatic N) is 2. The predicted octanol–water partition coefficient (Wildman–Crippen LogP) is 2.75. The van der Waals surface area contributed by atoms with Gasteiger partial charge in [-0.05, 0) is 31.0 Å². The van der Waals surface area contributed by atoms with Gasteiger partial charge in [-0.25, -0.2) is 8.42 Å². The summed E-state index contributed by atoms with van der Waals surface area (Å²) in [5.74, 6) is -0.0679. The molecular weight excluding hydrogens is 324 g/mol. The summed E-state index contributed by atoms with van der Waals surface area (Å²) in [6.07, 6.45) is 5.41. The van der Waals surface area contributed by atoms with E-state index in [2.05, 4.69) is 0 Å². The van der Waals surface area contributed by atoms with Gasteiger partial charge in [-0.3, -0.25) is 9.10 Å². The predicted molar refractivity (Wildman–Crippen MR) is 89.1 cm³/mol. The molecule has 1 saturated heterocycles. The molecule has 0 radical (unpaired) electrons. The van der Waals surface area contributed by atoms with Crippen molar-refractivity contribution in [3.8, 4) is 0 Å². The second-order valence-corrected chi connectivity index (χ2v) is 8.02. The average Bonchev–Trinajstić information content (AvgIpc) is 2.74. The van der Waals surface area contributed by atoms with Gasteiger partial charge in [0.25, 0.3) is 5.91 Å². The van der Waals surface area contributed by atoms with E-state index in [-0.39, 0.29) is 5.91 Å². The number of carbonyl (C=O) groups is 1. The summed E-state index contributed by atoms with van der Waals surface area (Å²) in [4.78, 5) is 14.4. The Morgan fingerprint density at radius 1 is 1.18 bits per heavy atom. The van der Waals surface area contributed by atoms with Crippen molar-refractivity contribution < 1.29 is 13.2 Å². The maximum atomic E-state index is 12.6. The minimum absolute atomic E-state index is 0.0679. The standard InChI is InChI=1S/C15H21ClN2O3S/c1-17(22(2,20)21)14-11-12(7-8-13(14)16)15(19)18-9-5-3-4-6-10-18/h7-8,11H,3-6,9-10H2,1-2H3. The van der Waals surface area contributed by atoms with Gasteiger partial charge in [-0.2, -0.15) is 0 Å². The average molecular weight is 345 g/mol. The van der Waals surface area contributed by atoms with Crippen LogP contribution >= 0.6 is 11.6 Å². The Hall–Kier alpha value is -1.27. The molecule has 122 valence electrons. The summed E-state index contributed by atoms with van der Waals surface area (Å²) in [6, 6.07) is 4.77. The molecule has 1 heterocycles. The first-order valence-electron chi connectivity index (χ1n) is 7.33. The highest BCUT2D eigenvalue weighted by Gasteiger charge is 2.21. The van der Waals surface area contributed by atoms with Crippen LogP contribution in [0.2, 0.25) is 5.02 Å². The quantitative estimate of drug-likeness (QED) is 0.847. The van der Waals surface area contributed by atoms with Gasteiger partial charge in [0, 0.05) is 25.7 Å². The minimum Gasteiger partial charge on any atom is -0.339 e. The molecule has 0 unspecified atom stereocenters. The largest absolute Gasteiger partial charge is 0.339 e. The highest BCUT2D eigenvalue weighted by atomic mass is 35.5. The SMILES string of the molecule is CN(c1cc(C(=O)N2CCCCCC2)ccc1Cl)S(C)(=O)=O. The maximum Gasteiger partial charge on any atom is 0.253 e. The Balaban J connectivity index is 2.30. The van der Waals surface area contributed by atoms with Crippen LogP contribution in [0.1, 0.15) is 36.0 Å². The van der Waals surface area contributed by atoms with Gasteiger partial charge in [0.15, 0.2) is 0 Å². The number of rotatable bonds is 3. The zero-order chi connectivity index (χ0) is 16.3. The number of benzene rings is 1. The monoisotopic (exact) mass is 344 g/mol. The Labute approximate surface area is 136 Å². The molecule has 0 bridgehead atoms. The first kappa shape index (κ1) is 17.1. The molecule has 0 atom stereocenters. The highest BCUT2D eigenvalue weighted by molar-refractivity contribution is 7.92. The van der Waals surface area contributed by atoms with Crippen LogP contribution in [0.4, 0.5) is 5.69 Å². The van der Waals surface area contributed by atoms with E-state index in [1.165, 1.54) is 7.05 Å². The molecule has 22 heavy (non-hydrogen) atoms. The van der Waals surface area contributed by atoms with Crippen LogP contribution in [0, 0.1) is 0 Å². The van der Waals surface area contributed by atoms with Crippen LogP contribution in [0.25, 0.3) is 0 Å². The van der Waals surface area contributed by atoms with E-state index in [0.29, 0.717) is 16.3 Å². The number of hydrogen-bond donors (Lipinski definition) is 0. The number of sulfonamides is 1. The van der Waals surface area contributed by atoms with Crippen LogP contribution in [0.15, 0.2) is 18.2 Å². The molecule has 0 spiro atoms. The Morgan fingerprint density at radius 3 is 2.32 bits per heavy atom. The van der Waals surface area contributed by atoms with Crippen molar-refractivity contribution in [1.82, 2.24) is 4.90 Å². The fourth-order valence-corrected chi connectivity index (χ4v) is 3.32. The summed E-state index contributed by atoms with van der Waals surface area (Å²) in [7, 11) is -2.00. The maximum absolute atomic E-state index is 12.6. The second-order valence-electron chi connectivity index (χ2n) is 5.60. The number of anilines is 1. The molecule has 7 heteroatoms. The topological polar surface area (TPSA) is 57.7 Å². The third kappa shape index (κ3) is 3.93. The number of likely N-dealkylation sites (tertiary alicyclic amines) is 1. The highest BCUT2D eigenvalue weighted by Crippen LogP contribution is 2.28. The molecule has 2 rings (SSSR count). The van der Waals surface area contributed by atoms with E-state index in [1.807, 2.05) is 4.90 Å². The molecule has 1 aromatic rings. The lowest BCUT2D eigenvalue weighted by atomic mass is 10.1. The zero-order valence-corrected chi connectivity index (χ0v) is 14.5. The fraction of sp³-hybridized carbons (Fsp3) is 0.533. The lowest BCUT2D eigenvalue weighted by Crippen LogP contribution is -2.32. The van der Waals surface area contributed by atoms with Crippen molar-refractivity contribution >= 4 is 33.2 Å². The van der Waals surface area contributed by atoms with Crippen LogP contribution in [0.5, 0.6) is 0 Å². The van der Waals surface area contributed by atoms with Crippen molar-refractivity contribution in [2.24, 2.45) is 0 Å². The lowest BCUT2D eigenvalue weighted by Gasteiger charge is -2.22. The van der Waals surface area contributed by atoms with E-state index in [0.717, 1.165) is 49.3 Å². The first-order valence-corrected chi connectivity index (χ1v) is 9.56. The summed E-state index contributed by atoms with van der Waals surface area (Å²) in [6.45, 7) is 1.50. The smallest absolute Gasteiger partial charge is 0.253 e. The van der Waals surface area contributed by atoms with Crippen molar-refractivity contribution in [1.29, 1.82) is 0 Å². The molecule has 5 nitrogen and oxygen atoms in total. The minimum atomic E-state index is -3.43. The number of halogens is 1. The molecule has 1 aromatic carbocycles.